The summed E-state index contributed by atoms with van der Waals surface area (Å²) in [4.78, 5) is 13.1. The van der Waals surface area contributed by atoms with E-state index in [-0.39, 0.29) is 27.9 Å². The quantitative estimate of drug-likeness (QED) is 0.502. The van der Waals surface area contributed by atoms with Crippen LogP contribution in [0.5, 0.6) is 0 Å². The molecule has 0 radical (unpaired) electrons. The number of ether oxygens (including phenoxy) is 1. The van der Waals surface area contributed by atoms with E-state index in [1.807, 2.05) is 0 Å². The van der Waals surface area contributed by atoms with Crippen molar-refractivity contribution >= 4 is 31.8 Å². The van der Waals surface area contributed by atoms with Crippen LogP contribution in [-0.2, 0) is 31.0 Å². The summed E-state index contributed by atoms with van der Waals surface area (Å²) in [6.45, 7) is 6.27. The second-order valence-corrected chi connectivity index (χ2v) is 13.4. The lowest BCUT2D eigenvalue weighted by Gasteiger charge is -2.33. The van der Waals surface area contributed by atoms with E-state index in [1.54, 1.807) is 25.7 Å². The van der Waals surface area contributed by atoms with Gasteiger partial charge in [0.1, 0.15) is 5.60 Å². The van der Waals surface area contributed by atoms with E-state index in [9.17, 15) is 34.8 Å². The van der Waals surface area contributed by atoms with Crippen molar-refractivity contribution in [1.29, 1.82) is 0 Å². The second kappa shape index (κ2) is 11.1. The van der Waals surface area contributed by atoms with Gasteiger partial charge in [0.15, 0.2) is 0 Å². The molecule has 0 aliphatic carbocycles. The Morgan fingerprint density at radius 1 is 0.947 bits per heavy atom. The molecule has 1 fully saturated rings. The predicted octanol–water partition coefficient (Wildman–Crippen LogP) is 4.43. The van der Waals surface area contributed by atoms with Gasteiger partial charge in [-0.3, -0.25) is 4.72 Å². The zero-order valence-corrected chi connectivity index (χ0v) is 22.7. The molecule has 0 saturated carbocycles. The number of carbonyl (C=O) groups excluding carboxylic acids is 1. The highest BCUT2D eigenvalue weighted by molar-refractivity contribution is 7.93. The lowest BCUT2D eigenvalue weighted by Crippen LogP contribution is -2.43. The molecule has 3 rings (SSSR count). The van der Waals surface area contributed by atoms with Crippen molar-refractivity contribution < 1.29 is 39.5 Å². The highest BCUT2D eigenvalue weighted by Crippen LogP contribution is 2.30. The van der Waals surface area contributed by atoms with E-state index in [1.165, 1.54) is 18.2 Å². The topological polar surface area (TPSA) is 122 Å². The Morgan fingerprint density at radius 3 is 2.03 bits per heavy atom. The van der Waals surface area contributed by atoms with Crippen molar-refractivity contribution in [2.24, 2.45) is 5.92 Å². The van der Waals surface area contributed by atoms with Crippen LogP contribution in [0.25, 0.3) is 0 Å². The molecule has 1 heterocycles. The van der Waals surface area contributed by atoms with E-state index in [0.717, 1.165) is 30.3 Å². The minimum atomic E-state index is -4.57. The Balaban J connectivity index is 1.61. The van der Waals surface area contributed by atoms with Gasteiger partial charge in [0, 0.05) is 25.3 Å². The van der Waals surface area contributed by atoms with Gasteiger partial charge in [0.2, 0.25) is 10.0 Å². The van der Waals surface area contributed by atoms with Gasteiger partial charge in [-0.2, -0.15) is 13.2 Å². The fourth-order valence-corrected chi connectivity index (χ4v) is 6.05. The molecule has 0 bridgehead atoms. The van der Waals surface area contributed by atoms with Crippen LogP contribution in [0.4, 0.5) is 23.7 Å². The summed E-state index contributed by atoms with van der Waals surface area (Å²) in [5.74, 6) is -0.0308. The van der Waals surface area contributed by atoms with Crippen molar-refractivity contribution in [3.63, 3.8) is 0 Å². The van der Waals surface area contributed by atoms with Crippen molar-refractivity contribution in [3.8, 4) is 0 Å². The number of amides is 1. The summed E-state index contributed by atoms with van der Waals surface area (Å²) < 4.78 is 99.4. The standard InChI is InChI=1S/C24H30F3N3O6S2/c1-23(2,3)36-22(31)30-13-11-17(12-14-30)16-28-37(32,33)20-5-4-6-21(15-20)38(34,35)29-19-9-7-18(8-10-19)24(25,26)27/h4-10,15,17,28-29H,11-14,16H2,1-3H3. The van der Waals surface area contributed by atoms with Crippen LogP contribution in [0.2, 0.25) is 0 Å². The summed E-state index contributed by atoms with van der Waals surface area (Å²) in [5.41, 5.74) is -1.66. The number of likely N-dealkylation sites (tertiary alicyclic amines) is 1. The Hall–Kier alpha value is -2.84. The molecular formula is C24H30F3N3O6S2. The van der Waals surface area contributed by atoms with Gasteiger partial charge in [-0.25, -0.2) is 26.4 Å². The molecule has 38 heavy (non-hydrogen) atoms. The molecule has 0 atom stereocenters. The van der Waals surface area contributed by atoms with E-state index in [0.29, 0.717) is 25.9 Å². The number of nitrogens with zero attached hydrogens (tertiary/aromatic N) is 1. The van der Waals surface area contributed by atoms with Gasteiger partial charge in [0.25, 0.3) is 10.0 Å². The molecule has 2 N–H and O–H groups in total. The number of halogens is 3. The monoisotopic (exact) mass is 577 g/mol. The zero-order chi connectivity index (χ0) is 28.4. The highest BCUT2D eigenvalue weighted by Gasteiger charge is 2.30. The van der Waals surface area contributed by atoms with Crippen LogP contribution < -0.4 is 9.44 Å². The number of benzene rings is 2. The average molecular weight is 578 g/mol. The van der Waals surface area contributed by atoms with E-state index in [4.69, 9.17) is 4.74 Å². The molecule has 0 aromatic heterocycles. The lowest BCUT2D eigenvalue weighted by atomic mass is 9.97. The van der Waals surface area contributed by atoms with Gasteiger partial charge < -0.3 is 9.64 Å². The predicted molar refractivity (Wildman–Crippen MR) is 134 cm³/mol. The third-order valence-electron chi connectivity index (χ3n) is 5.72. The lowest BCUT2D eigenvalue weighted by molar-refractivity contribution is -0.137. The van der Waals surface area contributed by atoms with Crippen molar-refractivity contribution in [2.75, 3.05) is 24.4 Å². The normalized spacial score (nSPS) is 15.8. The summed E-state index contributed by atoms with van der Waals surface area (Å²) in [6.07, 6.45) is -3.86. The fraction of sp³-hybridized carbons (Fsp3) is 0.458. The smallest absolute Gasteiger partial charge is 0.416 e. The van der Waals surface area contributed by atoms with Gasteiger partial charge in [-0.05, 0) is 82.0 Å². The number of nitrogens with one attached hydrogen (secondary N) is 2. The highest BCUT2D eigenvalue weighted by atomic mass is 32.2. The molecule has 1 amide bonds. The van der Waals surface area contributed by atoms with E-state index < -0.39 is 43.5 Å². The molecule has 1 saturated heterocycles. The third kappa shape index (κ3) is 8.08. The molecule has 2 aromatic carbocycles. The second-order valence-electron chi connectivity index (χ2n) is 9.92. The van der Waals surface area contributed by atoms with Gasteiger partial charge in [-0.15, -0.1) is 0 Å². The molecule has 1 aliphatic heterocycles. The number of anilines is 1. The van der Waals surface area contributed by atoms with Crippen molar-refractivity contribution in [2.45, 2.75) is 55.2 Å². The van der Waals surface area contributed by atoms with E-state index in [2.05, 4.69) is 9.44 Å². The van der Waals surface area contributed by atoms with Crippen LogP contribution in [-0.4, -0.2) is 53.1 Å². The van der Waals surface area contributed by atoms with Crippen molar-refractivity contribution in [1.82, 2.24) is 9.62 Å². The molecule has 1 aliphatic rings. The molecule has 0 spiro atoms. The Morgan fingerprint density at radius 2 is 1.50 bits per heavy atom. The van der Waals surface area contributed by atoms with Crippen LogP contribution in [0, 0.1) is 5.92 Å². The molecule has 2 aromatic rings. The maximum Gasteiger partial charge on any atom is 0.416 e. The number of piperidine rings is 1. The maximum atomic E-state index is 12.9. The molecular weight excluding hydrogens is 547 g/mol. The first-order valence-electron chi connectivity index (χ1n) is 11.7. The van der Waals surface area contributed by atoms with Crippen LogP contribution in [0.1, 0.15) is 39.2 Å². The average Bonchev–Trinajstić information content (AvgIpc) is 2.82. The Kier molecular flexibility index (Phi) is 8.68. The fourth-order valence-electron chi connectivity index (χ4n) is 3.71. The third-order valence-corrected chi connectivity index (χ3v) is 8.52. The minimum absolute atomic E-state index is 0.0308. The van der Waals surface area contributed by atoms with Crippen molar-refractivity contribution in [3.05, 3.63) is 54.1 Å². The van der Waals surface area contributed by atoms with Crippen LogP contribution >= 0.6 is 0 Å². The summed E-state index contributed by atoms with van der Waals surface area (Å²) in [6, 6.07) is 8.06. The maximum absolute atomic E-state index is 12.9. The van der Waals surface area contributed by atoms with Gasteiger partial charge in [-0.1, -0.05) is 6.07 Å². The number of sulfonamides is 2. The first-order valence-corrected chi connectivity index (χ1v) is 14.7. The van der Waals surface area contributed by atoms with E-state index >= 15 is 0 Å². The molecule has 9 nitrogen and oxygen atoms in total. The summed E-state index contributed by atoms with van der Waals surface area (Å²) >= 11 is 0. The number of alkyl halides is 3. The van der Waals surface area contributed by atoms with Gasteiger partial charge in [0.05, 0.1) is 15.4 Å². The summed E-state index contributed by atoms with van der Waals surface area (Å²) in [7, 11) is -8.34. The molecule has 0 unspecified atom stereocenters. The first-order chi connectivity index (χ1) is 17.5. The molecule has 210 valence electrons. The minimum Gasteiger partial charge on any atom is -0.444 e. The summed E-state index contributed by atoms with van der Waals surface area (Å²) in [5, 5.41) is 0. The van der Waals surface area contributed by atoms with Crippen LogP contribution in [0.3, 0.4) is 0 Å². The number of hydrogen-bond donors (Lipinski definition) is 2. The van der Waals surface area contributed by atoms with Gasteiger partial charge >= 0.3 is 12.3 Å². The molecule has 14 heteroatoms. The number of rotatable bonds is 7. The first kappa shape index (κ1) is 29.7. The largest absolute Gasteiger partial charge is 0.444 e. The van der Waals surface area contributed by atoms with Crippen LogP contribution in [0.15, 0.2) is 58.3 Å². The number of carbonyl (C=O) groups is 1. The zero-order valence-electron chi connectivity index (χ0n) is 21.1. The number of hydrogen-bond acceptors (Lipinski definition) is 6. The Bertz CT molecular complexity index is 1350. The Labute approximate surface area is 220 Å². The SMILES string of the molecule is CC(C)(C)OC(=O)N1CCC(CNS(=O)(=O)c2cccc(S(=O)(=O)Nc3ccc(C(F)(F)F)cc3)c2)CC1.